The smallest absolute Gasteiger partial charge is 0.220 e. The first kappa shape index (κ1) is 36.5. The topological polar surface area (TPSA) is 29.1 Å². The fraction of sp³-hybridized carbons (Fsp3) is 0.971. The summed E-state index contributed by atoms with van der Waals surface area (Å²) in [6.07, 6.45) is 30.7. The molecular weight excluding hydrogens is 450 g/mol. The van der Waals surface area contributed by atoms with E-state index in [-0.39, 0.29) is 5.91 Å². The minimum absolute atomic E-state index is 0.269. The van der Waals surface area contributed by atoms with Gasteiger partial charge in [0.1, 0.15) is 0 Å². The molecule has 0 aliphatic rings. The second-order valence-corrected chi connectivity index (χ2v) is 13.3. The molecule has 2 nitrogen and oxygen atoms in total. The molecule has 0 radical (unpaired) electrons. The van der Waals surface area contributed by atoms with Gasteiger partial charge in [0.15, 0.2) is 0 Å². The lowest BCUT2D eigenvalue weighted by Crippen LogP contribution is -2.26. The molecule has 2 heteroatoms. The van der Waals surface area contributed by atoms with Crippen LogP contribution in [0, 0.1) is 23.7 Å². The zero-order chi connectivity index (χ0) is 27.6. The Hall–Kier alpha value is -0.530. The Morgan fingerprint density at radius 2 is 0.865 bits per heavy atom. The third kappa shape index (κ3) is 28.3. The number of carbonyl (C=O) groups excluding carboxylic acids is 1. The molecule has 0 spiro atoms. The van der Waals surface area contributed by atoms with E-state index in [1.54, 1.807) is 0 Å². The van der Waals surface area contributed by atoms with Crippen molar-refractivity contribution >= 4 is 5.91 Å². The molecule has 222 valence electrons. The van der Waals surface area contributed by atoms with Crippen molar-refractivity contribution in [2.24, 2.45) is 23.7 Å². The monoisotopic (exact) mass is 522 g/mol. The highest BCUT2D eigenvalue weighted by molar-refractivity contribution is 5.76. The van der Waals surface area contributed by atoms with Crippen molar-refractivity contribution in [3.63, 3.8) is 0 Å². The Bertz CT molecular complexity index is 474. The predicted molar refractivity (Wildman–Crippen MR) is 167 cm³/mol. The van der Waals surface area contributed by atoms with Gasteiger partial charge in [0.2, 0.25) is 5.91 Å². The van der Waals surface area contributed by atoms with Gasteiger partial charge < -0.3 is 5.32 Å². The summed E-state index contributed by atoms with van der Waals surface area (Å²) in [6, 6.07) is 0. The van der Waals surface area contributed by atoms with E-state index in [1.165, 1.54) is 135 Å². The third-order valence-corrected chi connectivity index (χ3v) is 8.40. The first-order valence-electron chi connectivity index (χ1n) is 17.1. The molecule has 1 N–H and O–H groups in total. The molecule has 0 bridgehead atoms. The first-order chi connectivity index (χ1) is 17.8. The highest BCUT2D eigenvalue weighted by Crippen LogP contribution is 2.22. The van der Waals surface area contributed by atoms with E-state index in [4.69, 9.17) is 0 Å². The van der Waals surface area contributed by atoms with E-state index in [0.29, 0.717) is 12.3 Å². The van der Waals surface area contributed by atoms with Gasteiger partial charge in [-0.15, -0.1) is 0 Å². The van der Waals surface area contributed by atoms with Crippen molar-refractivity contribution in [1.82, 2.24) is 5.32 Å². The van der Waals surface area contributed by atoms with Crippen LogP contribution in [0.2, 0.25) is 0 Å². The molecule has 0 aromatic heterocycles. The van der Waals surface area contributed by atoms with Gasteiger partial charge in [-0.1, -0.05) is 176 Å². The lowest BCUT2D eigenvalue weighted by molar-refractivity contribution is -0.121. The van der Waals surface area contributed by atoms with Crippen LogP contribution in [0.1, 0.15) is 189 Å². The first-order valence-corrected chi connectivity index (χ1v) is 17.1. The van der Waals surface area contributed by atoms with Gasteiger partial charge in [0.25, 0.3) is 0 Å². The van der Waals surface area contributed by atoms with Crippen molar-refractivity contribution < 1.29 is 4.79 Å². The molecule has 0 fully saturated rings. The second-order valence-electron chi connectivity index (χ2n) is 13.3. The maximum atomic E-state index is 12.3. The van der Waals surface area contributed by atoms with Crippen LogP contribution in [0.3, 0.4) is 0 Å². The van der Waals surface area contributed by atoms with Crippen LogP contribution in [-0.2, 0) is 4.79 Å². The summed E-state index contributed by atoms with van der Waals surface area (Å²) in [6.45, 7) is 15.0. The van der Waals surface area contributed by atoms with Crippen LogP contribution in [-0.4, -0.2) is 12.5 Å². The molecule has 0 saturated heterocycles. The van der Waals surface area contributed by atoms with Crippen molar-refractivity contribution in [1.29, 1.82) is 0 Å². The molecule has 0 aromatic carbocycles. The van der Waals surface area contributed by atoms with E-state index in [0.717, 1.165) is 30.7 Å². The van der Waals surface area contributed by atoms with E-state index in [2.05, 4.69) is 46.9 Å². The normalized spacial score (nSPS) is 14.1. The largest absolute Gasteiger partial charge is 0.356 e. The Kier molecular flexibility index (Phi) is 26.7. The average Bonchev–Trinajstić information content (AvgIpc) is 2.84. The van der Waals surface area contributed by atoms with Crippen LogP contribution in [0.15, 0.2) is 0 Å². The highest BCUT2D eigenvalue weighted by Gasteiger charge is 2.11. The summed E-state index contributed by atoms with van der Waals surface area (Å²) >= 11 is 0. The summed E-state index contributed by atoms with van der Waals surface area (Å²) < 4.78 is 0. The molecule has 3 unspecified atom stereocenters. The van der Waals surface area contributed by atoms with Crippen LogP contribution in [0.4, 0.5) is 0 Å². The van der Waals surface area contributed by atoms with Gasteiger partial charge in [-0.05, 0) is 30.1 Å². The van der Waals surface area contributed by atoms with Crippen LogP contribution in [0.25, 0.3) is 0 Å². The molecule has 0 heterocycles. The van der Waals surface area contributed by atoms with E-state index in [9.17, 15) is 4.79 Å². The molecular formula is C35H71NO. The quantitative estimate of drug-likeness (QED) is 0.102. The standard InChI is InChI=1S/C35H71NO/c1-7-8-9-10-11-12-13-14-15-16-17-18-19-29-36-35(37)30-34(6)28-22-27-33(5)26-21-25-32(4)24-20-23-31(2)3/h31-34H,7-30H2,1-6H3,(H,36,37). The number of carbonyl (C=O) groups is 1. The number of hydrogen-bond acceptors (Lipinski definition) is 1. The summed E-state index contributed by atoms with van der Waals surface area (Å²) in [5.74, 6) is 3.36. The molecule has 0 saturated carbocycles. The fourth-order valence-corrected chi connectivity index (χ4v) is 5.65. The zero-order valence-corrected chi connectivity index (χ0v) is 26.7. The molecule has 0 rings (SSSR count). The average molecular weight is 522 g/mol. The van der Waals surface area contributed by atoms with Gasteiger partial charge in [-0.25, -0.2) is 0 Å². The van der Waals surface area contributed by atoms with Crippen molar-refractivity contribution in [3.05, 3.63) is 0 Å². The Morgan fingerprint density at radius 1 is 0.486 bits per heavy atom. The van der Waals surface area contributed by atoms with Crippen molar-refractivity contribution in [2.75, 3.05) is 6.54 Å². The molecule has 37 heavy (non-hydrogen) atoms. The Morgan fingerprint density at radius 3 is 1.30 bits per heavy atom. The van der Waals surface area contributed by atoms with Crippen LogP contribution >= 0.6 is 0 Å². The van der Waals surface area contributed by atoms with Gasteiger partial charge in [0, 0.05) is 13.0 Å². The molecule has 0 aliphatic carbocycles. The van der Waals surface area contributed by atoms with Gasteiger partial charge in [-0.2, -0.15) is 0 Å². The lowest BCUT2D eigenvalue weighted by Gasteiger charge is -2.16. The molecule has 1 amide bonds. The van der Waals surface area contributed by atoms with Gasteiger partial charge in [0.05, 0.1) is 0 Å². The maximum Gasteiger partial charge on any atom is 0.220 e. The van der Waals surface area contributed by atoms with Crippen molar-refractivity contribution in [3.8, 4) is 0 Å². The third-order valence-electron chi connectivity index (χ3n) is 8.40. The lowest BCUT2D eigenvalue weighted by atomic mass is 9.90. The predicted octanol–water partition coefficient (Wildman–Crippen LogP) is 11.7. The number of unbranched alkanes of at least 4 members (excludes halogenated alkanes) is 12. The van der Waals surface area contributed by atoms with Crippen LogP contribution < -0.4 is 5.32 Å². The van der Waals surface area contributed by atoms with E-state index in [1.807, 2.05) is 0 Å². The summed E-state index contributed by atoms with van der Waals surface area (Å²) in [4.78, 5) is 12.3. The fourth-order valence-electron chi connectivity index (χ4n) is 5.65. The molecule has 0 aromatic rings. The van der Waals surface area contributed by atoms with E-state index < -0.39 is 0 Å². The maximum absolute atomic E-state index is 12.3. The number of rotatable bonds is 28. The minimum Gasteiger partial charge on any atom is -0.356 e. The Labute approximate surface area is 235 Å². The van der Waals surface area contributed by atoms with Crippen molar-refractivity contribution in [2.45, 2.75) is 189 Å². The summed E-state index contributed by atoms with van der Waals surface area (Å²) in [5.41, 5.74) is 0. The van der Waals surface area contributed by atoms with Gasteiger partial charge in [-0.3, -0.25) is 4.79 Å². The van der Waals surface area contributed by atoms with E-state index >= 15 is 0 Å². The highest BCUT2D eigenvalue weighted by atomic mass is 16.1. The molecule has 3 atom stereocenters. The SMILES string of the molecule is CCCCCCCCCCCCCCCNC(=O)CC(C)CCCC(C)CCCC(C)CCCC(C)C. The molecule has 0 aliphatic heterocycles. The zero-order valence-electron chi connectivity index (χ0n) is 26.7. The van der Waals surface area contributed by atoms with Crippen LogP contribution in [0.5, 0.6) is 0 Å². The number of nitrogens with one attached hydrogen (secondary N) is 1. The summed E-state index contributed by atoms with van der Waals surface area (Å²) in [7, 11) is 0. The minimum atomic E-state index is 0.269. The van der Waals surface area contributed by atoms with Gasteiger partial charge >= 0.3 is 0 Å². The summed E-state index contributed by atoms with van der Waals surface area (Å²) in [5, 5.41) is 3.17. The second kappa shape index (κ2) is 27.1. The number of amides is 1. The number of hydrogen-bond donors (Lipinski definition) is 1. The Balaban J connectivity index is 3.49.